The zero-order valence-electron chi connectivity index (χ0n) is 18.2. The molecule has 0 saturated heterocycles. The van der Waals surface area contributed by atoms with Gasteiger partial charge in [-0.15, -0.1) is 0 Å². The second-order valence-corrected chi connectivity index (χ2v) is 20.1. The number of fused-ring (bicyclic) bond motifs is 1. The first-order chi connectivity index (χ1) is 13.6. The molecule has 0 saturated carbocycles. The summed E-state index contributed by atoms with van der Waals surface area (Å²) in [6.07, 6.45) is 0. The van der Waals surface area contributed by atoms with Crippen LogP contribution in [0.5, 0.6) is 5.75 Å². The maximum absolute atomic E-state index is 15.1. The number of hydrogen-bond donors (Lipinski definition) is 0. The molecule has 167 valence electrons. The summed E-state index contributed by atoms with van der Waals surface area (Å²) >= 11 is 0. The van der Waals surface area contributed by atoms with E-state index in [2.05, 4.69) is 19.6 Å². The average molecular weight is 466 g/mol. The van der Waals surface area contributed by atoms with Crippen molar-refractivity contribution in [3.63, 3.8) is 0 Å². The Morgan fingerprint density at radius 3 is 1.70 bits per heavy atom. The molecule has 0 amide bonds. The Balaban J connectivity index is 2.75. The molecule has 0 aromatic heterocycles. The Labute approximate surface area is 175 Å². The van der Waals surface area contributed by atoms with Crippen LogP contribution in [0.3, 0.4) is 0 Å². The minimum atomic E-state index is -2.90. The van der Waals surface area contributed by atoms with E-state index in [1.54, 1.807) is 6.07 Å². The van der Waals surface area contributed by atoms with Crippen molar-refractivity contribution in [3.05, 3.63) is 41.0 Å². The Hall–Kier alpha value is -1.49. The normalized spacial score (nSPS) is 13.0. The van der Waals surface area contributed by atoms with E-state index in [0.29, 0.717) is 6.04 Å². The van der Waals surface area contributed by atoms with Crippen LogP contribution in [0.4, 0.5) is 26.3 Å². The van der Waals surface area contributed by atoms with E-state index in [9.17, 15) is 22.0 Å². The van der Waals surface area contributed by atoms with Crippen molar-refractivity contribution in [1.82, 2.24) is 0 Å². The lowest BCUT2D eigenvalue weighted by molar-refractivity contribution is 0.402. The van der Waals surface area contributed by atoms with Crippen molar-refractivity contribution in [1.29, 1.82) is 0 Å². The van der Waals surface area contributed by atoms with E-state index >= 15 is 4.39 Å². The molecule has 0 unspecified atom stereocenters. The lowest BCUT2D eigenvalue weighted by atomic mass is 10.1. The fourth-order valence-corrected chi connectivity index (χ4v) is 11.9. The predicted octanol–water partition coefficient (Wildman–Crippen LogP) is 7.96. The first kappa shape index (κ1) is 24.8. The van der Waals surface area contributed by atoms with Gasteiger partial charge in [0.1, 0.15) is 0 Å². The van der Waals surface area contributed by atoms with E-state index in [-0.39, 0.29) is 11.1 Å². The Bertz CT molecular complexity index is 945. The van der Waals surface area contributed by atoms with Crippen LogP contribution < -0.4 is 4.43 Å². The summed E-state index contributed by atoms with van der Waals surface area (Å²) in [4.78, 5) is 0. The molecule has 1 radical (unpaired) electrons. The zero-order chi connectivity index (χ0) is 23.2. The maximum Gasteiger partial charge on any atom is 0.256 e. The minimum absolute atomic E-state index is 0.0722. The van der Waals surface area contributed by atoms with Crippen molar-refractivity contribution < 1.29 is 30.8 Å². The van der Waals surface area contributed by atoms with Crippen LogP contribution in [0, 0.1) is 41.0 Å². The third kappa shape index (κ3) is 4.42. The number of benzene rings is 2. The second kappa shape index (κ2) is 8.57. The van der Waals surface area contributed by atoms with Gasteiger partial charge in [0.15, 0.2) is 34.8 Å². The fourth-order valence-electron chi connectivity index (χ4n) is 3.71. The summed E-state index contributed by atoms with van der Waals surface area (Å²) in [5, 5.41) is -2.33. The molecule has 0 atom stereocenters. The van der Waals surface area contributed by atoms with Crippen LogP contribution in [0.1, 0.15) is 27.7 Å². The molecule has 0 aliphatic carbocycles. The van der Waals surface area contributed by atoms with E-state index in [1.165, 1.54) is 0 Å². The minimum Gasteiger partial charge on any atom is -0.539 e. The van der Waals surface area contributed by atoms with Gasteiger partial charge in [-0.05, 0) is 17.1 Å². The van der Waals surface area contributed by atoms with Crippen LogP contribution in [0.2, 0.25) is 42.8 Å². The molecule has 2 aromatic rings. The van der Waals surface area contributed by atoms with E-state index in [0.717, 1.165) is 6.04 Å². The van der Waals surface area contributed by atoms with Gasteiger partial charge in [0.25, 0.3) is 8.32 Å². The zero-order valence-corrected chi connectivity index (χ0v) is 20.2. The summed E-state index contributed by atoms with van der Waals surface area (Å²) in [5.74, 6) is -11.9. The van der Waals surface area contributed by atoms with E-state index < -0.39 is 67.8 Å². The van der Waals surface area contributed by atoms with Gasteiger partial charge in [-0.25, -0.2) is 22.0 Å². The Kier molecular flexibility index (Phi) is 7.08. The fraction of sp³-hybridized carbons (Fsp3) is 0.524. The largest absolute Gasteiger partial charge is 0.539 e. The molecule has 0 spiro atoms. The van der Waals surface area contributed by atoms with Crippen LogP contribution in [0.15, 0.2) is 0 Å². The van der Waals surface area contributed by atoms with Gasteiger partial charge in [-0.3, -0.25) is 0 Å². The second-order valence-electron chi connectivity index (χ2n) is 9.52. The molecule has 0 aliphatic rings. The standard InChI is InChI=1S/C21H27F6OSi2/c1-11(2)30(12(3)4,9-8-29(5,6)7)28-21-16(23)13-10-14(22)17(24)18(25)15(13)19(26)20(21)27/h11-12H,8-9H2,1-7H3. The smallest absolute Gasteiger partial charge is 0.256 e. The Morgan fingerprint density at radius 2 is 1.23 bits per heavy atom. The highest BCUT2D eigenvalue weighted by Crippen LogP contribution is 2.43. The SMILES string of the molecule is CC(C)[Si](CC[Si](C)(C)C)(Oc1c(F)c(F)c2c(F)c(F)c(F)[c]c2c1F)C(C)C. The van der Waals surface area contributed by atoms with Gasteiger partial charge in [0, 0.05) is 19.5 Å². The van der Waals surface area contributed by atoms with E-state index in [1.807, 2.05) is 27.7 Å². The first-order valence-electron chi connectivity index (χ1n) is 9.89. The van der Waals surface area contributed by atoms with E-state index in [4.69, 9.17) is 4.43 Å². The first-order valence-corrected chi connectivity index (χ1v) is 15.9. The molecular formula is C21H27F6OSi2. The van der Waals surface area contributed by atoms with Gasteiger partial charge in [0.2, 0.25) is 5.82 Å². The number of halogens is 6. The van der Waals surface area contributed by atoms with Crippen LogP contribution in [0.25, 0.3) is 10.8 Å². The monoisotopic (exact) mass is 465 g/mol. The Morgan fingerprint density at radius 1 is 0.733 bits per heavy atom. The maximum atomic E-state index is 15.1. The van der Waals surface area contributed by atoms with Crippen LogP contribution in [-0.4, -0.2) is 16.4 Å². The molecular weight excluding hydrogens is 438 g/mol. The molecule has 0 N–H and O–H groups in total. The lowest BCUT2D eigenvalue weighted by Gasteiger charge is -2.40. The van der Waals surface area contributed by atoms with Gasteiger partial charge < -0.3 is 4.43 Å². The predicted molar refractivity (Wildman–Crippen MR) is 112 cm³/mol. The summed E-state index contributed by atoms with van der Waals surface area (Å²) in [5.41, 5.74) is -0.144. The lowest BCUT2D eigenvalue weighted by Crippen LogP contribution is -2.49. The quantitative estimate of drug-likeness (QED) is 0.174. The highest BCUT2D eigenvalue weighted by atomic mass is 28.4. The van der Waals surface area contributed by atoms with Gasteiger partial charge >= 0.3 is 0 Å². The third-order valence-electron chi connectivity index (χ3n) is 5.63. The molecule has 0 aliphatic heterocycles. The van der Waals surface area contributed by atoms with Gasteiger partial charge in [0.05, 0.1) is 5.39 Å². The highest BCUT2D eigenvalue weighted by Gasteiger charge is 2.46. The van der Waals surface area contributed by atoms with Crippen molar-refractivity contribution in [2.45, 2.75) is 70.5 Å². The van der Waals surface area contributed by atoms with Gasteiger partial charge in [-0.1, -0.05) is 53.4 Å². The number of rotatable bonds is 7. The highest BCUT2D eigenvalue weighted by molar-refractivity contribution is 6.81. The topological polar surface area (TPSA) is 9.23 Å². The molecule has 9 heteroatoms. The average Bonchev–Trinajstić information content (AvgIpc) is 2.62. The molecule has 0 fully saturated rings. The number of hydrogen-bond acceptors (Lipinski definition) is 1. The molecule has 2 aromatic carbocycles. The molecule has 2 rings (SSSR count). The molecule has 1 nitrogen and oxygen atoms in total. The van der Waals surface area contributed by atoms with Crippen molar-refractivity contribution in [2.75, 3.05) is 0 Å². The molecule has 0 heterocycles. The van der Waals surface area contributed by atoms with Crippen molar-refractivity contribution in [3.8, 4) is 5.75 Å². The molecule has 0 bridgehead atoms. The van der Waals surface area contributed by atoms with Gasteiger partial charge in [-0.2, -0.15) is 4.39 Å². The third-order valence-corrected chi connectivity index (χ3v) is 13.4. The molecule has 30 heavy (non-hydrogen) atoms. The summed E-state index contributed by atoms with van der Waals surface area (Å²) in [6, 6.07) is 3.10. The summed E-state index contributed by atoms with van der Waals surface area (Å²) in [7, 11) is -4.43. The summed E-state index contributed by atoms with van der Waals surface area (Å²) in [6.45, 7) is 14.1. The summed E-state index contributed by atoms with van der Waals surface area (Å²) < 4.78 is 91.7. The van der Waals surface area contributed by atoms with Crippen LogP contribution >= 0.6 is 0 Å². The van der Waals surface area contributed by atoms with Crippen molar-refractivity contribution >= 4 is 27.2 Å². The van der Waals surface area contributed by atoms with Crippen LogP contribution in [-0.2, 0) is 0 Å². The van der Waals surface area contributed by atoms with Crippen molar-refractivity contribution in [2.24, 2.45) is 0 Å².